The maximum atomic E-state index is 15.4. The van der Waals surface area contributed by atoms with Gasteiger partial charge in [0.1, 0.15) is 29.1 Å². The molecule has 1 unspecified atom stereocenters. The topological polar surface area (TPSA) is 49.9 Å². The van der Waals surface area contributed by atoms with Gasteiger partial charge in [-0.3, -0.25) is 0 Å². The second-order valence-electron chi connectivity index (χ2n) is 7.86. The zero-order valence-electron chi connectivity index (χ0n) is 17.3. The highest BCUT2D eigenvalue weighted by Crippen LogP contribution is 2.58. The fourth-order valence-corrected chi connectivity index (χ4v) is 6.58. The number of ether oxygens (including phenoxy) is 1. The van der Waals surface area contributed by atoms with Crippen LogP contribution in [0.4, 0.5) is 30.2 Å². The first-order valence-corrected chi connectivity index (χ1v) is 12.7. The Kier molecular flexibility index (Phi) is 5.47. The van der Waals surface area contributed by atoms with E-state index in [0.29, 0.717) is 22.0 Å². The van der Waals surface area contributed by atoms with Crippen molar-refractivity contribution in [1.82, 2.24) is 0 Å². The van der Waals surface area contributed by atoms with Crippen LogP contribution in [0.25, 0.3) is 0 Å². The Hall–Kier alpha value is -2.47. The number of nitrogens with zero attached hydrogens (tertiary/aromatic N) is 2. The highest BCUT2D eigenvalue weighted by molar-refractivity contribution is 14.1. The summed E-state index contributed by atoms with van der Waals surface area (Å²) in [6, 6.07) is 13.6. The Morgan fingerprint density at radius 1 is 0.970 bits per heavy atom. The minimum atomic E-state index is -4.00. The lowest BCUT2D eigenvalue weighted by molar-refractivity contribution is 0.408. The van der Waals surface area contributed by atoms with E-state index >= 15 is 8.78 Å². The molecule has 1 atom stereocenters. The second-order valence-corrected chi connectivity index (χ2v) is 11.2. The zero-order valence-corrected chi connectivity index (χ0v) is 20.3. The molecule has 0 saturated heterocycles. The Morgan fingerprint density at radius 2 is 1.67 bits per heavy atom. The van der Waals surface area contributed by atoms with Gasteiger partial charge >= 0.3 is 0 Å². The number of fused-ring (bicyclic) bond motifs is 1. The summed E-state index contributed by atoms with van der Waals surface area (Å²) in [7, 11) is -2.75. The molecular weight excluding hydrogens is 568 g/mol. The summed E-state index contributed by atoms with van der Waals surface area (Å²) in [6.07, 6.45) is -0.259. The van der Waals surface area contributed by atoms with Gasteiger partial charge in [-0.25, -0.2) is 25.9 Å². The number of hydrogen-bond donors (Lipinski definition) is 0. The van der Waals surface area contributed by atoms with Gasteiger partial charge in [0.25, 0.3) is 0 Å². The van der Waals surface area contributed by atoms with Crippen LogP contribution < -0.4 is 13.9 Å². The minimum Gasteiger partial charge on any atom is -0.494 e. The van der Waals surface area contributed by atoms with E-state index in [9.17, 15) is 12.8 Å². The number of benzene rings is 3. The fourth-order valence-electron chi connectivity index (χ4n) is 4.15. The van der Waals surface area contributed by atoms with Crippen molar-refractivity contribution in [2.45, 2.75) is 24.3 Å². The van der Waals surface area contributed by atoms with Crippen LogP contribution in [0.1, 0.15) is 24.6 Å². The van der Waals surface area contributed by atoms with Crippen LogP contribution in [0.3, 0.4) is 0 Å². The van der Waals surface area contributed by atoms with Crippen LogP contribution in [-0.4, -0.2) is 20.8 Å². The molecule has 3 aromatic rings. The Morgan fingerprint density at radius 3 is 2.27 bits per heavy atom. The fraction of sp³-hybridized carbons (Fsp3) is 0.217. The van der Waals surface area contributed by atoms with Crippen molar-refractivity contribution in [3.63, 3.8) is 0 Å². The molecule has 0 N–H and O–H groups in total. The van der Waals surface area contributed by atoms with Crippen molar-refractivity contribution in [3.8, 4) is 5.75 Å². The summed E-state index contributed by atoms with van der Waals surface area (Å²) in [5.74, 6) is -3.35. The van der Waals surface area contributed by atoms with Crippen LogP contribution in [0.5, 0.6) is 5.75 Å². The van der Waals surface area contributed by atoms with E-state index in [4.69, 9.17) is 4.74 Å². The predicted octanol–water partition coefficient (Wildman–Crippen LogP) is 5.87. The molecule has 0 bridgehead atoms. The summed E-state index contributed by atoms with van der Waals surface area (Å²) in [5.41, 5.74) is -0.136. The lowest BCUT2D eigenvalue weighted by atomic mass is 10.1. The van der Waals surface area contributed by atoms with Gasteiger partial charge < -0.3 is 9.64 Å². The number of methoxy groups -OCH3 is 1. The average molecular weight is 586 g/mol. The van der Waals surface area contributed by atoms with Gasteiger partial charge in [-0.15, -0.1) is 0 Å². The number of anilines is 3. The molecule has 1 aliphatic carbocycles. The summed E-state index contributed by atoms with van der Waals surface area (Å²) in [4.78, 5) is 1.21. The highest BCUT2D eigenvalue weighted by atomic mass is 127. The van der Waals surface area contributed by atoms with Crippen LogP contribution in [0.2, 0.25) is 0 Å². The molecular formula is C23H18F3IN2O3S. The first kappa shape index (κ1) is 22.3. The van der Waals surface area contributed by atoms with Gasteiger partial charge in [0.15, 0.2) is 11.6 Å². The SMILES string of the molecule is COc1cc(F)c(F)c2c1N(S(=O)(=O)C1CC1)C(c1ccccc1)N2c1ccc(I)cc1F. The Balaban J connectivity index is 1.89. The predicted molar refractivity (Wildman–Crippen MR) is 128 cm³/mol. The zero-order chi connectivity index (χ0) is 23.5. The molecule has 1 aliphatic heterocycles. The first-order valence-electron chi connectivity index (χ1n) is 10.1. The molecule has 1 heterocycles. The minimum absolute atomic E-state index is 0.0782. The molecule has 3 aromatic carbocycles. The molecule has 1 fully saturated rings. The summed E-state index contributed by atoms with van der Waals surface area (Å²) in [5, 5.41) is -0.657. The third kappa shape index (κ3) is 3.54. The molecule has 33 heavy (non-hydrogen) atoms. The van der Waals surface area contributed by atoms with Crippen molar-refractivity contribution in [2.75, 3.05) is 16.3 Å². The maximum Gasteiger partial charge on any atom is 0.240 e. The van der Waals surface area contributed by atoms with E-state index in [1.54, 1.807) is 36.4 Å². The van der Waals surface area contributed by atoms with E-state index < -0.39 is 38.9 Å². The summed E-state index contributed by atoms with van der Waals surface area (Å²) >= 11 is 1.94. The van der Waals surface area contributed by atoms with Gasteiger partial charge in [0.05, 0.1) is 18.0 Å². The van der Waals surface area contributed by atoms with Gasteiger partial charge in [-0.2, -0.15) is 0 Å². The average Bonchev–Trinajstić information content (AvgIpc) is 3.59. The largest absolute Gasteiger partial charge is 0.494 e. The van der Waals surface area contributed by atoms with Gasteiger partial charge in [-0.05, 0) is 59.2 Å². The Labute approximate surface area is 203 Å². The molecule has 0 radical (unpaired) electrons. The summed E-state index contributed by atoms with van der Waals surface area (Å²) in [6.45, 7) is 0. The quantitative estimate of drug-likeness (QED) is 0.352. The van der Waals surface area contributed by atoms with E-state index in [1.165, 1.54) is 24.1 Å². The standard InChI is InChI=1S/C23H18F3IN2O3S/c1-32-19-12-17(25)20(26)22-21(19)29(33(30,31)15-8-9-15)23(13-5-3-2-4-6-13)28(22)18-10-7-14(27)11-16(18)24/h2-7,10-12,15,23H,8-9H2,1H3. The van der Waals surface area contributed by atoms with E-state index in [2.05, 4.69) is 0 Å². The van der Waals surface area contributed by atoms with Crippen molar-refractivity contribution in [1.29, 1.82) is 0 Å². The molecule has 0 spiro atoms. The molecule has 172 valence electrons. The third-order valence-electron chi connectivity index (χ3n) is 5.77. The van der Waals surface area contributed by atoms with Crippen LogP contribution >= 0.6 is 22.6 Å². The van der Waals surface area contributed by atoms with Crippen molar-refractivity contribution >= 4 is 49.7 Å². The van der Waals surface area contributed by atoms with Crippen LogP contribution in [0, 0.1) is 21.0 Å². The van der Waals surface area contributed by atoms with Crippen molar-refractivity contribution < 1.29 is 26.3 Å². The number of hydrogen-bond acceptors (Lipinski definition) is 4. The molecule has 1 saturated carbocycles. The molecule has 5 nitrogen and oxygen atoms in total. The van der Waals surface area contributed by atoms with Gasteiger partial charge in [-0.1, -0.05) is 30.3 Å². The second kappa shape index (κ2) is 8.08. The third-order valence-corrected chi connectivity index (χ3v) is 8.68. The number of halogens is 4. The van der Waals surface area contributed by atoms with Gasteiger partial charge in [0, 0.05) is 9.64 Å². The van der Waals surface area contributed by atoms with E-state index in [-0.39, 0.29) is 22.8 Å². The Bertz CT molecular complexity index is 1350. The van der Waals surface area contributed by atoms with Crippen molar-refractivity contribution in [3.05, 3.63) is 81.2 Å². The smallest absolute Gasteiger partial charge is 0.240 e. The number of rotatable bonds is 5. The molecule has 0 amide bonds. The monoisotopic (exact) mass is 586 g/mol. The maximum absolute atomic E-state index is 15.4. The van der Waals surface area contributed by atoms with Crippen LogP contribution in [-0.2, 0) is 10.0 Å². The molecule has 5 rings (SSSR count). The lowest BCUT2D eigenvalue weighted by Gasteiger charge is -2.33. The summed E-state index contributed by atoms with van der Waals surface area (Å²) < 4.78 is 79.6. The highest BCUT2D eigenvalue weighted by Gasteiger charge is 2.53. The first-order chi connectivity index (χ1) is 15.8. The molecule has 0 aromatic heterocycles. The van der Waals surface area contributed by atoms with E-state index in [1.807, 2.05) is 22.6 Å². The number of sulfonamides is 1. The molecule has 10 heteroatoms. The normalized spacial score (nSPS) is 17.9. The van der Waals surface area contributed by atoms with E-state index in [0.717, 1.165) is 10.4 Å². The molecule has 2 aliphatic rings. The lowest BCUT2D eigenvalue weighted by Crippen LogP contribution is -2.39. The van der Waals surface area contributed by atoms with Crippen LogP contribution in [0.15, 0.2) is 54.6 Å². The van der Waals surface area contributed by atoms with Gasteiger partial charge in [0.2, 0.25) is 10.0 Å². The van der Waals surface area contributed by atoms with Crippen molar-refractivity contribution in [2.24, 2.45) is 0 Å².